The second kappa shape index (κ2) is 7.35. The van der Waals surface area contributed by atoms with Crippen LogP contribution < -0.4 is 16.0 Å². The lowest BCUT2D eigenvalue weighted by molar-refractivity contribution is -0.136. The molecular formula is C21H26N4O4. The molecule has 1 aromatic rings. The molecule has 8 nitrogen and oxygen atoms in total. The standard InChI is InChI=1S/C21H26N4O4/c1-21(2)16(4-3-9-23-21)22-11-12-5-6-13-14(10-12)20(29)25(19(13)28)15-7-8-17(26)24-18(15)27/h5-6,10,15-16,22-23H,3-4,7-9,11H2,1-2H3,(H,24,26,27). The van der Waals surface area contributed by atoms with Gasteiger partial charge in [0.15, 0.2) is 0 Å². The van der Waals surface area contributed by atoms with Gasteiger partial charge in [0.25, 0.3) is 11.8 Å². The van der Waals surface area contributed by atoms with Crippen LogP contribution >= 0.6 is 0 Å². The van der Waals surface area contributed by atoms with Crippen molar-refractivity contribution in [1.82, 2.24) is 20.9 Å². The van der Waals surface area contributed by atoms with E-state index < -0.39 is 23.8 Å². The van der Waals surface area contributed by atoms with Gasteiger partial charge in [-0.25, -0.2) is 0 Å². The number of piperidine rings is 2. The third-order valence-corrected chi connectivity index (χ3v) is 6.18. The summed E-state index contributed by atoms with van der Waals surface area (Å²) in [5.41, 5.74) is 1.53. The molecule has 3 heterocycles. The van der Waals surface area contributed by atoms with Crippen LogP contribution in [0.1, 0.15) is 65.8 Å². The number of fused-ring (bicyclic) bond motifs is 1. The summed E-state index contributed by atoms with van der Waals surface area (Å²) in [7, 11) is 0. The Balaban J connectivity index is 1.50. The minimum Gasteiger partial charge on any atom is -0.310 e. The van der Waals surface area contributed by atoms with E-state index in [0.29, 0.717) is 23.7 Å². The molecule has 4 amide bonds. The fraction of sp³-hybridized carbons (Fsp3) is 0.524. The molecule has 3 aliphatic rings. The van der Waals surface area contributed by atoms with E-state index in [1.807, 2.05) is 6.07 Å². The third kappa shape index (κ3) is 3.58. The molecule has 4 rings (SSSR count). The molecule has 3 N–H and O–H groups in total. The van der Waals surface area contributed by atoms with Crippen LogP contribution in [0.25, 0.3) is 0 Å². The number of hydrogen-bond donors (Lipinski definition) is 3. The van der Waals surface area contributed by atoms with Gasteiger partial charge >= 0.3 is 0 Å². The summed E-state index contributed by atoms with van der Waals surface area (Å²) >= 11 is 0. The van der Waals surface area contributed by atoms with Crippen molar-refractivity contribution in [3.63, 3.8) is 0 Å². The number of nitrogens with one attached hydrogen (secondary N) is 3. The molecule has 2 saturated heterocycles. The average molecular weight is 398 g/mol. The topological polar surface area (TPSA) is 108 Å². The van der Waals surface area contributed by atoms with Crippen molar-refractivity contribution in [3.8, 4) is 0 Å². The van der Waals surface area contributed by atoms with Gasteiger partial charge in [-0.1, -0.05) is 6.07 Å². The number of amides is 4. The van der Waals surface area contributed by atoms with E-state index in [1.165, 1.54) is 0 Å². The second-order valence-corrected chi connectivity index (χ2v) is 8.55. The summed E-state index contributed by atoms with van der Waals surface area (Å²) in [5.74, 6) is -1.92. The summed E-state index contributed by atoms with van der Waals surface area (Å²) in [4.78, 5) is 50.2. The fourth-order valence-electron chi connectivity index (χ4n) is 4.43. The molecular weight excluding hydrogens is 372 g/mol. The van der Waals surface area contributed by atoms with E-state index in [1.54, 1.807) is 12.1 Å². The number of carbonyl (C=O) groups excluding carboxylic acids is 4. The van der Waals surface area contributed by atoms with Crippen LogP contribution in [-0.4, -0.2) is 52.7 Å². The molecule has 0 saturated carbocycles. The highest BCUT2D eigenvalue weighted by atomic mass is 16.2. The zero-order valence-corrected chi connectivity index (χ0v) is 16.7. The Morgan fingerprint density at radius 1 is 1.10 bits per heavy atom. The second-order valence-electron chi connectivity index (χ2n) is 8.55. The third-order valence-electron chi connectivity index (χ3n) is 6.18. The van der Waals surface area contributed by atoms with Gasteiger partial charge in [-0.2, -0.15) is 0 Å². The van der Waals surface area contributed by atoms with Crippen molar-refractivity contribution in [2.24, 2.45) is 0 Å². The van der Waals surface area contributed by atoms with E-state index in [9.17, 15) is 19.2 Å². The first-order valence-electron chi connectivity index (χ1n) is 10.1. The maximum absolute atomic E-state index is 12.9. The van der Waals surface area contributed by atoms with Crippen LogP contribution in [0.2, 0.25) is 0 Å². The Morgan fingerprint density at radius 3 is 2.59 bits per heavy atom. The highest BCUT2D eigenvalue weighted by Crippen LogP contribution is 2.28. The molecule has 0 radical (unpaired) electrons. The molecule has 0 bridgehead atoms. The van der Waals surface area contributed by atoms with Crippen LogP contribution in [0, 0.1) is 0 Å². The maximum Gasteiger partial charge on any atom is 0.262 e. The summed E-state index contributed by atoms with van der Waals surface area (Å²) in [5, 5.41) is 9.29. The first-order valence-corrected chi connectivity index (χ1v) is 10.1. The van der Waals surface area contributed by atoms with Crippen molar-refractivity contribution in [1.29, 1.82) is 0 Å². The van der Waals surface area contributed by atoms with Crippen LogP contribution in [0.5, 0.6) is 0 Å². The Morgan fingerprint density at radius 2 is 1.86 bits per heavy atom. The quantitative estimate of drug-likeness (QED) is 0.645. The van der Waals surface area contributed by atoms with Gasteiger partial charge in [0.2, 0.25) is 11.8 Å². The van der Waals surface area contributed by atoms with E-state index >= 15 is 0 Å². The number of carbonyl (C=O) groups is 4. The molecule has 0 spiro atoms. The minimum absolute atomic E-state index is 0.0106. The normalized spacial score (nSPS) is 26.5. The van der Waals surface area contributed by atoms with Gasteiger partial charge in [0.1, 0.15) is 6.04 Å². The van der Waals surface area contributed by atoms with Gasteiger partial charge in [0.05, 0.1) is 11.1 Å². The van der Waals surface area contributed by atoms with Crippen LogP contribution in [-0.2, 0) is 16.1 Å². The summed E-state index contributed by atoms with van der Waals surface area (Å²) in [6.45, 7) is 5.94. The van der Waals surface area contributed by atoms with Gasteiger partial charge in [0, 0.05) is 24.5 Å². The summed E-state index contributed by atoms with van der Waals surface area (Å²) in [6.07, 6.45) is 2.46. The van der Waals surface area contributed by atoms with Gasteiger partial charge in [-0.15, -0.1) is 0 Å². The number of rotatable bonds is 4. The van der Waals surface area contributed by atoms with Crippen molar-refractivity contribution in [2.75, 3.05) is 6.54 Å². The smallest absolute Gasteiger partial charge is 0.262 e. The Bertz CT molecular complexity index is 895. The monoisotopic (exact) mass is 398 g/mol. The lowest BCUT2D eigenvalue weighted by atomic mass is 9.87. The van der Waals surface area contributed by atoms with Crippen molar-refractivity contribution >= 4 is 23.6 Å². The van der Waals surface area contributed by atoms with Gasteiger partial charge < -0.3 is 10.6 Å². The molecule has 29 heavy (non-hydrogen) atoms. The molecule has 0 aromatic heterocycles. The first kappa shape index (κ1) is 19.7. The van der Waals surface area contributed by atoms with E-state index in [0.717, 1.165) is 29.8 Å². The van der Waals surface area contributed by atoms with Crippen molar-refractivity contribution in [2.45, 2.75) is 63.7 Å². The van der Waals surface area contributed by atoms with Crippen LogP contribution in [0.15, 0.2) is 18.2 Å². The van der Waals surface area contributed by atoms with Crippen molar-refractivity contribution in [3.05, 3.63) is 34.9 Å². The van der Waals surface area contributed by atoms with E-state index in [2.05, 4.69) is 29.8 Å². The zero-order valence-electron chi connectivity index (χ0n) is 16.7. The molecule has 1 aromatic carbocycles. The van der Waals surface area contributed by atoms with E-state index in [4.69, 9.17) is 0 Å². The number of imide groups is 2. The molecule has 154 valence electrons. The average Bonchev–Trinajstić information content (AvgIpc) is 2.91. The molecule has 3 aliphatic heterocycles. The lowest BCUT2D eigenvalue weighted by Gasteiger charge is -2.40. The maximum atomic E-state index is 12.9. The highest BCUT2D eigenvalue weighted by molar-refractivity contribution is 6.23. The first-order chi connectivity index (χ1) is 13.8. The number of nitrogens with zero attached hydrogens (tertiary/aromatic N) is 1. The highest BCUT2D eigenvalue weighted by Gasteiger charge is 2.44. The zero-order chi connectivity index (χ0) is 20.8. The molecule has 8 heteroatoms. The lowest BCUT2D eigenvalue weighted by Crippen LogP contribution is -2.58. The largest absolute Gasteiger partial charge is 0.310 e. The van der Waals surface area contributed by atoms with Gasteiger partial charge in [-0.3, -0.25) is 29.4 Å². The van der Waals surface area contributed by atoms with Crippen LogP contribution in [0.3, 0.4) is 0 Å². The Hall–Kier alpha value is -2.58. The minimum atomic E-state index is -0.934. The predicted molar refractivity (Wildman–Crippen MR) is 105 cm³/mol. The summed E-state index contributed by atoms with van der Waals surface area (Å²) < 4.78 is 0. The predicted octanol–water partition coefficient (Wildman–Crippen LogP) is 0.708. The fourth-order valence-corrected chi connectivity index (χ4v) is 4.43. The SMILES string of the molecule is CC1(C)NCCCC1NCc1ccc2c(c1)C(=O)N(C1CCC(=O)NC1=O)C2=O. The van der Waals surface area contributed by atoms with Gasteiger partial charge in [-0.05, 0) is 57.4 Å². The van der Waals surface area contributed by atoms with Crippen molar-refractivity contribution < 1.29 is 19.2 Å². The van der Waals surface area contributed by atoms with Crippen LogP contribution in [0.4, 0.5) is 0 Å². The molecule has 2 unspecified atom stereocenters. The molecule has 2 fully saturated rings. The van der Waals surface area contributed by atoms with E-state index in [-0.39, 0.29) is 24.3 Å². The summed E-state index contributed by atoms with van der Waals surface area (Å²) in [6, 6.07) is 4.60. The molecule has 2 atom stereocenters. The molecule has 0 aliphatic carbocycles. The Labute approximate surface area is 169 Å². The Kier molecular flexibility index (Phi) is 5.00. The number of benzene rings is 1. The number of hydrogen-bond acceptors (Lipinski definition) is 6.